The summed E-state index contributed by atoms with van der Waals surface area (Å²) < 4.78 is 11.3. The topological polar surface area (TPSA) is 38.5 Å². The molecule has 0 amide bonds. The molecule has 3 rings (SSSR count). The Balaban J connectivity index is 1.49. The van der Waals surface area contributed by atoms with Crippen LogP contribution in [-0.2, 0) is 11.3 Å². The molecule has 0 bridgehead atoms. The van der Waals surface area contributed by atoms with Gasteiger partial charge in [-0.05, 0) is 39.2 Å². The predicted molar refractivity (Wildman–Crippen MR) is 82.3 cm³/mol. The number of ether oxygens (including phenoxy) is 1. The summed E-state index contributed by atoms with van der Waals surface area (Å²) in [6, 6.07) is 2.17. The fraction of sp³-hybridized carbons (Fsp3) is 0.824. The summed E-state index contributed by atoms with van der Waals surface area (Å²) in [5, 5.41) is 4.31. The lowest BCUT2D eigenvalue weighted by molar-refractivity contribution is -0.00360. The van der Waals surface area contributed by atoms with Crippen molar-refractivity contribution in [3.8, 4) is 0 Å². The fourth-order valence-electron chi connectivity index (χ4n) is 3.62. The quantitative estimate of drug-likeness (QED) is 0.829. The SMILES string of the molecule is CN(Cc1cc(C2CCCCC2)no1)C[C@@H]1CCCCO1. The van der Waals surface area contributed by atoms with E-state index in [0.717, 1.165) is 25.5 Å². The first kappa shape index (κ1) is 15.0. The minimum absolute atomic E-state index is 0.393. The second-order valence-electron chi connectivity index (χ2n) is 6.74. The average Bonchev–Trinajstić information content (AvgIpc) is 2.97. The van der Waals surface area contributed by atoms with Crippen molar-refractivity contribution in [3.05, 3.63) is 17.5 Å². The Kier molecular flexibility index (Phi) is 5.31. The first-order valence-electron chi connectivity index (χ1n) is 8.57. The maximum atomic E-state index is 5.80. The zero-order valence-corrected chi connectivity index (χ0v) is 13.2. The third-order valence-electron chi connectivity index (χ3n) is 4.82. The number of hydrogen-bond donors (Lipinski definition) is 0. The second-order valence-corrected chi connectivity index (χ2v) is 6.74. The molecule has 118 valence electrons. The van der Waals surface area contributed by atoms with Gasteiger partial charge in [-0.3, -0.25) is 4.90 Å². The van der Waals surface area contributed by atoms with Crippen LogP contribution in [-0.4, -0.2) is 36.4 Å². The van der Waals surface area contributed by atoms with E-state index in [4.69, 9.17) is 9.26 Å². The van der Waals surface area contributed by atoms with Gasteiger partial charge in [0.05, 0.1) is 18.3 Å². The molecule has 4 nitrogen and oxygen atoms in total. The number of likely N-dealkylation sites (N-methyl/N-ethyl adjacent to an activating group) is 1. The Morgan fingerprint density at radius 2 is 1.95 bits per heavy atom. The highest BCUT2D eigenvalue weighted by Crippen LogP contribution is 2.32. The lowest BCUT2D eigenvalue weighted by Crippen LogP contribution is -2.32. The average molecular weight is 292 g/mol. The van der Waals surface area contributed by atoms with Crippen LogP contribution in [0, 0.1) is 0 Å². The molecule has 2 heterocycles. The summed E-state index contributed by atoms with van der Waals surface area (Å²) in [5.41, 5.74) is 1.17. The molecule has 1 aromatic rings. The molecule has 2 fully saturated rings. The van der Waals surface area contributed by atoms with Gasteiger partial charge >= 0.3 is 0 Å². The van der Waals surface area contributed by atoms with Gasteiger partial charge in [-0.2, -0.15) is 0 Å². The van der Waals surface area contributed by atoms with Crippen molar-refractivity contribution in [1.82, 2.24) is 10.1 Å². The van der Waals surface area contributed by atoms with Gasteiger partial charge in [0.15, 0.2) is 5.76 Å². The maximum Gasteiger partial charge on any atom is 0.150 e. The van der Waals surface area contributed by atoms with Crippen LogP contribution in [0.25, 0.3) is 0 Å². The largest absolute Gasteiger partial charge is 0.377 e. The first-order valence-corrected chi connectivity index (χ1v) is 8.57. The third-order valence-corrected chi connectivity index (χ3v) is 4.82. The standard InChI is InChI=1S/C17H28N2O2/c1-19(12-15-9-5-6-10-20-15)13-16-11-17(18-21-16)14-7-3-2-4-8-14/h11,14-15H,2-10,12-13H2,1H3/t15-/m0/s1. The minimum Gasteiger partial charge on any atom is -0.377 e. The molecule has 0 spiro atoms. The molecule has 4 heteroatoms. The number of aromatic nitrogens is 1. The van der Waals surface area contributed by atoms with Gasteiger partial charge in [0.25, 0.3) is 0 Å². The van der Waals surface area contributed by atoms with E-state index in [0.29, 0.717) is 12.0 Å². The van der Waals surface area contributed by atoms with Gasteiger partial charge in [0.1, 0.15) is 0 Å². The van der Waals surface area contributed by atoms with Gasteiger partial charge in [-0.25, -0.2) is 0 Å². The van der Waals surface area contributed by atoms with Crippen LogP contribution in [0.15, 0.2) is 10.6 Å². The van der Waals surface area contributed by atoms with E-state index in [1.807, 2.05) is 0 Å². The molecule has 0 unspecified atom stereocenters. The number of hydrogen-bond acceptors (Lipinski definition) is 4. The highest BCUT2D eigenvalue weighted by Gasteiger charge is 2.21. The Hall–Kier alpha value is -0.870. The van der Waals surface area contributed by atoms with Crippen LogP contribution < -0.4 is 0 Å². The van der Waals surface area contributed by atoms with E-state index in [1.165, 1.54) is 57.1 Å². The Bertz CT molecular complexity index is 420. The molecule has 1 aromatic heterocycles. The van der Waals surface area contributed by atoms with Crippen LogP contribution in [0.3, 0.4) is 0 Å². The summed E-state index contributed by atoms with van der Waals surface area (Å²) in [6.45, 7) is 2.74. The summed E-state index contributed by atoms with van der Waals surface area (Å²) in [7, 11) is 2.14. The molecule has 0 N–H and O–H groups in total. The molecule has 21 heavy (non-hydrogen) atoms. The van der Waals surface area contributed by atoms with Crippen LogP contribution in [0.2, 0.25) is 0 Å². The van der Waals surface area contributed by atoms with E-state index in [-0.39, 0.29) is 0 Å². The zero-order chi connectivity index (χ0) is 14.5. The van der Waals surface area contributed by atoms with Crippen molar-refractivity contribution in [3.63, 3.8) is 0 Å². The molecule has 1 aliphatic carbocycles. The molecule has 0 radical (unpaired) electrons. The van der Waals surface area contributed by atoms with Crippen molar-refractivity contribution in [1.29, 1.82) is 0 Å². The van der Waals surface area contributed by atoms with Gasteiger partial charge in [0, 0.05) is 25.1 Å². The molecule has 1 atom stereocenters. The normalized spacial score (nSPS) is 24.6. The summed E-state index contributed by atoms with van der Waals surface area (Å²) >= 11 is 0. The highest BCUT2D eigenvalue weighted by molar-refractivity contribution is 5.11. The molecule has 1 aliphatic heterocycles. The third kappa shape index (κ3) is 4.30. The van der Waals surface area contributed by atoms with Gasteiger partial charge in [-0.15, -0.1) is 0 Å². The summed E-state index contributed by atoms with van der Waals surface area (Å²) in [5.74, 6) is 1.62. The predicted octanol–water partition coefficient (Wildman–Crippen LogP) is 3.72. The Morgan fingerprint density at radius 1 is 1.14 bits per heavy atom. The molecule has 0 aromatic carbocycles. The molecular weight excluding hydrogens is 264 g/mol. The second kappa shape index (κ2) is 7.41. The zero-order valence-electron chi connectivity index (χ0n) is 13.2. The van der Waals surface area contributed by atoms with Crippen molar-refractivity contribution in [2.24, 2.45) is 0 Å². The summed E-state index contributed by atoms with van der Waals surface area (Å²) in [4.78, 5) is 2.29. The van der Waals surface area contributed by atoms with Crippen LogP contribution >= 0.6 is 0 Å². The highest BCUT2D eigenvalue weighted by atomic mass is 16.5. The molecule has 1 saturated carbocycles. The Morgan fingerprint density at radius 3 is 2.71 bits per heavy atom. The van der Waals surface area contributed by atoms with Crippen LogP contribution in [0.1, 0.15) is 68.7 Å². The van der Waals surface area contributed by atoms with Crippen molar-refractivity contribution in [2.75, 3.05) is 20.2 Å². The smallest absolute Gasteiger partial charge is 0.150 e. The monoisotopic (exact) mass is 292 g/mol. The van der Waals surface area contributed by atoms with E-state index in [9.17, 15) is 0 Å². The van der Waals surface area contributed by atoms with Gasteiger partial charge in [-0.1, -0.05) is 24.4 Å². The van der Waals surface area contributed by atoms with Gasteiger partial charge < -0.3 is 9.26 Å². The van der Waals surface area contributed by atoms with E-state index >= 15 is 0 Å². The van der Waals surface area contributed by atoms with Crippen molar-refractivity contribution in [2.45, 2.75) is 69.9 Å². The lowest BCUT2D eigenvalue weighted by atomic mass is 9.87. The van der Waals surface area contributed by atoms with E-state index in [1.54, 1.807) is 0 Å². The van der Waals surface area contributed by atoms with Crippen molar-refractivity contribution < 1.29 is 9.26 Å². The fourth-order valence-corrected chi connectivity index (χ4v) is 3.62. The Labute approximate surface area is 127 Å². The lowest BCUT2D eigenvalue weighted by Gasteiger charge is -2.26. The molecular formula is C17H28N2O2. The van der Waals surface area contributed by atoms with E-state index < -0.39 is 0 Å². The van der Waals surface area contributed by atoms with Gasteiger partial charge in [0.2, 0.25) is 0 Å². The van der Waals surface area contributed by atoms with Crippen LogP contribution in [0.5, 0.6) is 0 Å². The molecule has 2 aliphatic rings. The van der Waals surface area contributed by atoms with Crippen molar-refractivity contribution >= 4 is 0 Å². The number of nitrogens with zero attached hydrogens (tertiary/aromatic N) is 2. The molecule has 1 saturated heterocycles. The minimum atomic E-state index is 0.393. The van der Waals surface area contributed by atoms with Crippen LogP contribution in [0.4, 0.5) is 0 Å². The first-order chi connectivity index (χ1) is 10.3. The maximum absolute atomic E-state index is 5.80. The van der Waals surface area contributed by atoms with E-state index in [2.05, 4.69) is 23.2 Å². The summed E-state index contributed by atoms with van der Waals surface area (Å²) in [6.07, 6.45) is 10.7. The number of rotatable bonds is 5.